The van der Waals surface area contributed by atoms with Gasteiger partial charge in [-0.2, -0.15) is 0 Å². The predicted molar refractivity (Wildman–Crippen MR) is 109 cm³/mol. The third-order valence-corrected chi connectivity index (χ3v) is 5.58. The largest absolute Gasteiger partial charge is 0.506 e. The Morgan fingerprint density at radius 2 is 2.00 bits per heavy atom. The van der Waals surface area contributed by atoms with Gasteiger partial charge in [0.05, 0.1) is 5.69 Å². The Morgan fingerprint density at radius 1 is 1.27 bits per heavy atom. The summed E-state index contributed by atoms with van der Waals surface area (Å²) in [5, 5.41) is 34.2. The first-order chi connectivity index (χ1) is 14.2. The van der Waals surface area contributed by atoms with Crippen molar-refractivity contribution in [2.45, 2.75) is 26.0 Å². The van der Waals surface area contributed by atoms with Crippen LogP contribution in [0, 0.1) is 0 Å². The maximum Gasteiger partial charge on any atom is 0.345 e. The summed E-state index contributed by atoms with van der Waals surface area (Å²) in [6.07, 6.45) is -1.80. The van der Waals surface area contributed by atoms with Gasteiger partial charge in [0.15, 0.2) is 11.3 Å². The van der Waals surface area contributed by atoms with E-state index in [-0.39, 0.29) is 23.2 Å². The van der Waals surface area contributed by atoms with Crippen LogP contribution in [0.25, 0.3) is 22.2 Å². The first kappa shape index (κ1) is 19.9. The SMILES string of the molecule is CCNCc1cc2cc3c(cc2n1C)C(=O)C(O)Cc1c-3[nH]c(=O)c(C(=O)O)c1O. The number of pyridine rings is 1. The van der Waals surface area contributed by atoms with Crippen molar-refractivity contribution in [1.29, 1.82) is 0 Å². The van der Waals surface area contributed by atoms with Gasteiger partial charge in [-0.05, 0) is 24.7 Å². The lowest BCUT2D eigenvalue weighted by Gasteiger charge is -2.12. The van der Waals surface area contributed by atoms with E-state index in [1.807, 2.05) is 24.6 Å². The van der Waals surface area contributed by atoms with Crippen molar-refractivity contribution >= 4 is 22.7 Å². The minimum absolute atomic E-state index is 0.0229. The Morgan fingerprint density at radius 3 is 2.67 bits per heavy atom. The Kier molecular flexibility index (Phi) is 4.71. The molecular formula is C21H21N3O6. The molecule has 3 aromatic rings. The van der Waals surface area contributed by atoms with Crippen molar-refractivity contribution < 1.29 is 24.9 Å². The van der Waals surface area contributed by atoms with Crippen LogP contribution < -0.4 is 10.9 Å². The number of Topliss-reactive ketones (excluding diaryl/α,β-unsaturated/α-hetero) is 1. The highest BCUT2D eigenvalue weighted by Gasteiger charge is 2.33. The first-order valence-electron chi connectivity index (χ1n) is 9.51. The number of aromatic hydroxyl groups is 1. The van der Waals surface area contributed by atoms with Crippen LogP contribution in [0.5, 0.6) is 5.75 Å². The maximum absolute atomic E-state index is 12.9. The van der Waals surface area contributed by atoms with Gasteiger partial charge in [-0.25, -0.2) is 4.79 Å². The van der Waals surface area contributed by atoms with Gasteiger partial charge in [0.1, 0.15) is 11.9 Å². The van der Waals surface area contributed by atoms with Crippen molar-refractivity contribution in [2.75, 3.05) is 6.54 Å². The van der Waals surface area contributed by atoms with Gasteiger partial charge < -0.3 is 30.2 Å². The zero-order valence-corrected chi connectivity index (χ0v) is 16.4. The number of rotatable bonds is 4. The molecule has 2 heterocycles. The molecule has 4 rings (SSSR count). The van der Waals surface area contributed by atoms with E-state index in [9.17, 15) is 29.7 Å². The summed E-state index contributed by atoms with van der Waals surface area (Å²) in [6.45, 7) is 3.41. The number of aromatic carboxylic acids is 1. The molecule has 0 spiro atoms. The maximum atomic E-state index is 12.9. The van der Waals surface area contributed by atoms with Crippen molar-refractivity contribution in [2.24, 2.45) is 7.05 Å². The van der Waals surface area contributed by atoms with Crippen LogP contribution in [-0.4, -0.2) is 49.3 Å². The van der Waals surface area contributed by atoms with Gasteiger partial charge in [-0.3, -0.25) is 9.59 Å². The van der Waals surface area contributed by atoms with E-state index < -0.39 is 34.7 Å². The van der Waals surface area contributed by atoms with E-state index in [1.165, 1.54) is 0 Å². The van der Waals surface area contributed by atoms with Crippen LogP contribution in [0.1, 0.15) is 38.9 Å². The average Bonchev–Trinajstić information content (AvgIpc) is 2.96. The minimum Gasteiger partial charge on any atom is -0.506 e. The van der Waals surface area contributed by atoms with Crippen LogP contribution in [0.15, 0.2) is 23.0 Å². The number of H-pyrrole nitrogens is 1. The number of fused-ring (bicyclic) bond motifs is 4. The normalized spacial score (nSPS) is 15.7. The molecule has 2 aromatic heterocycles. The molecule has 1 atom stereocenters. The number of nitrogens with zero attached hydrogens (tertiary/aromatic N) is 1. The Balaban J connectivity index is 2.04. The molecular weight excluding hydrogens is 390 g/mol. The van der Waals surface area contributed by atoms with Crippen molar-refractivity contribution in [1.82, 2.24) is 14.9 Å². The number of benzene rings is 1. The highest BCUT2D eigenvalue weighted by atomic mass is 16.4. The van der Waals surface area contributed by atoms with Gasteiger partial charge in [0, 0.05) is 53.3 Å². The number of carboxylic acid groups (broad SMARTS) is 1. The molecule has 9 heteroatoms. The Labute approximate surface area is 170 Å². The number of carbonyl (C=O) groups is 2. The summed E-state index contributed by atoms with van der Waals surface area (Å²) in [4.78, 5) is 39.1. The monoisotopic (exact) mass is 411 g/mol. The zero-order chi connectivity index (χ0) is 21.7. The quantitative estimate of drug-likeness (QED) is 0.433. The van der Waals surface area contributed by atoms with Crippen LogP contribution in [0.3, 0.4) is 0 Å². The van der Waals surface area contributed by atoms with Crippen LogP contribution in [0.2, 0.25) is 0 Å². The fourth-order valence-corrected chi connectivity index (χ4v) is 4.00. The number of carbonyl (C=O) groups excluding carboxylic acids is 1. The number of ketones is 1. The summed E-state index contributed by atoms with van der Waals surface area (Å²) in [6, 6.07) is 5.32. The summed E-state index contributed by atoms with van der Waals surface area (Å²) < 4.78 is 1.94. The number of carboxylic acids is 1. The highest BCUT2D eigenvalue weighted by Crippen LogP contribution is 2.38. The third-order valence-electron chi connectivity index (χ3n) is 5.58. The van der Waals surface area contributed by atoms with E-state index in [0.29, 0.717) is 12.1 Å². The molecule has 0 saturated carbocycles. The standard InChI is InChI=1S/C21H21N3O6/c1-3-22-8-10-4-9-5-11-12(6-14(9)24(10)2)18(26)15(25)7-13-17(11)23-20(28)16(19(13)27)21(29)30/h4-6,15,22,25H,3,7-8H2,1-2H3,(H,29,30)(H2,23,27,28). The third kappa shape index (κ3) is 2.90. The number of hydrogen-bond donors (Lipinski definition) is 5. The summed E-state index contributed by atoms with van der Waals surface area (Å²) >= 11 is 0. The molecule has 0 saturated heterocycles. The lowest BCUT2D eigenvalue weighted by molar-refractivity contribution is 0.0691. The highest BCUT2D eigenvalue weighted by molar-refractivity contribution is 6.10. The molecule has 0 amide bonds. The predicted octanol–water partition coefficient (Wildman–Crippen LogP) is 1.15. The Hall–Kier alpha value is -3.43. The average molecular weight is 411 g/mol. The van der Waals surface area contributed by atoms with Gasteiger partial charge in [0.25, 0.3) is 5.56 Å². The fourth-order valence-electron chi connectivity index (χ4n) is 4.00. The van der Waals surface area contributed by atoms with Crippen LogP contribution in [-0.2, 0) is 20.0 Å². The molecule has 30 heavy (non-hydrogen) atoms. The number of aromatic nitrogens is 2. The van der Waals surface area contributed by atoms with Gasteiger partial charge in [-0.15, -0.1) is 0 Å². The fraction of sp³-hybridized carbons (Fsp3) is 0.286. The second kappa shape index (κ2) is 7.12. The first-order valence-corrected chi connectivity index (χ1v) is 9.51. The summed E-state index contributed by atoms with van der Waals surface area (Å²) in [5.74, 6) is -2.88. The molecule has 1 aromatic carbocycles. The van der Waals surface area contributed by atoms with E-state index in [2.05, 4.69) is 10.3 Å². The molecule has 9 nitrogen and oxygen atoms in total. The zero-order valence-electron chi connectivity index (χ0n) is 16.4. The number of aliphatic hydroxyl groups is 1. The van der Waals surface area contributed by atoms with E-state index in [0.717, 1.165) is 23.1 Å². The molecule has 0 bridgehead atoms. The van der Waals surface area contributed by atoms with Crippen molar-refractivity contribution in [3.63, 3.8) is 0 Å². The molecule has 5 N–H and O–H groups in total. The lowest BCUT2D eigenvalue weighted by Crippen LogP contribution is -2.23. The molecule has 1 aliphatic rings. The van der Waals surface area contributed by atoms with E-state index in [4.69, 9.17) is 0 Å². The minimum atomic E-state index is -1.59. The van der Waals surface area contributed by atoms with Gasteiger partial charge in [-0.1, -0.05) is 6.92 Å². The molecule has 1 unspecified atom stereocenters. The number of hydrogen-bond acceptors (Lipinski definition) is 6. The summed E-state index contributed by atoms with van der Waals surface area (Å²) in [7, 11) is 1.87. The molecule has 1 aliphatic carbocycles. The lowest BCUT2D eigenvalue weighted by atomic mass is 9.97. The number of nitrogens with one attached hydrogen (secondary N) is 2. The van der Waals surface area contributed by atoms with Crippen LogP contribution >= 0.6 is 0 Å². The smallest absolute Gasteiger partial charge is 0.345 e. The van der Waals surface area contributed by atoms with Crippen LogP contribution in [0.4, 0.5) is 0 Å². The second-order valence-corrected chi connectivity index (χ2v) is 7.35. The molecule has 0 fully saturated rings. The van der Waals surface area contributed by atoms with E-state index in [1.54, 1.807) is 12.1 Å². The van der Waals surface area contributed by atoms with Crippen molar-refractivity contribution in [3.05, 3.63) is 50.9 Å². The summed E-state index contributed by atoms with van der Waals surface area (Å²) in [5.41, 5.74) is 0.667. The number of aryl methyl sites for hydroxylation is 1. The Bertz CT molecular complexity index is 1270. The number of aromatic amines is 1. The van der Waals surface area contributed by atoms with Gasteiger partial charge in [0.2, 0.25) is 0 Å². The molecule has 0 aliphatic heterocycles. The number of aliphatic hydroxyl groups excluding tert-OH is 1. The topological polar surface area (TPSA) is 145 Å². The van der Waals surface area contributed by atoms with Gasteiger partial charge >= 0.3 is 5.97 Å². The van der Waals surface area contributed by atoms with Crippen molar-refractivity contribution in [3.8, 4) is 17.0 Å². The second-order valence-electron chi connectivity index (χ2n) is 7.35. The molecule has 0 radical (unpaired) electrons. The molecule has 156 valence electrons. The van der Waals surface area contributed by atoms with E-state index >= 15 is 0 Å².